The summed E-state index contributed by atoms with van der Waals surface area (Å²) < 4.78 is 10.1. The first-order chi connectivity index (χ1) is 9.19. The van der Waals surface area contributed by atoms with E-state index in [4.69, 9.17) is 21.4 Å². The second-order valence-corrected chi connectivity index (χ2v) is 4.03. The first-order valence-electron chi connectivity index (χ1n) is 5.49. The number of carbonyl (C=O) groups is 1. The summed E-state index contributed by atoms with van der Waals surface area (Å²) in [5.41, 5.74) is 0.726. The first kappa shape index (κ1) is 13.1. The van der Waals surface area contributed by atoms with Crippen LogP contribution in [0, 0.1) is 0 Å². The van der Waals surface area contributed by atoms with Crippen LogP contribution in [0.1, 0.15) is 10.6 Å². The summed E-state index contributed by atoms with van der Waals surface area (Å²) in [6.45, 7) is 0. The molecule has 1 heterocycles. The van der Waals surface area contributed by atoms with Crippen LogP contribution < -0.4 is 15.4 Å². The molecule has 1 aromatic heterocycles. The van der Waals surface area contributed by atoms with E-state index >= 15 is 0 Å². The molecule has 5 nitrogen and oxygen atoms in total. The molecule has 0 aliphatic carbocycles. The van der Waals surface area contributed by atoms with Crippen molar-refractivity contribution in [3.63, 3.8) is 0 Å². The number of ether oxygens (including phenoxy) is 1. The topological polar surface area (TPSA) is 63.5 Å². The zero-order valence-electron chi connectivity index (χ0n) is 10.2. The number of benzene rings is 1. The third-order valence-corrected chi connectivity index (χ3v) is 2.50. The molecule has 2 rings (SSSR count). The first-order valence-corrected chi connectivity index (χ1v) is 5.90. The van der Waals surface area contributed by atoms with Crippen LogP contribution in [0.4, 0.5) is 5.69 Å². The van der Waals surface area contributed by atoms with Crippen LogP contribution in [-0.2, 0) is 0 Å². The van der Waals surface area contributed by atoms with Crippen molar-refractivity contribution >= 4 is 28.9 Å². The summed E-state index contributed by atoms with van der Waals surface area (Å²) in [6.07, 6.45) is 1.42. The van der Waals surface area contributed by atoms with Gasteiger partial charge in [-0.1, -0.05) is 6.07 Å². The lowest BCUT2D eigenvalue weighted by Gasteiger charge is -2.09. The number of methoxy groups -OCH3 is 1. The minimum absolute atomic E-state index is 0.189. The number of carbonyl (C=O) groups excluding carboxylic acids is 1. The van der Waals surface area contributed by atoms with Crippen molar-refractivity contribution in [2.24, 2.45) is 0 Å². The number of rotatable bonds is 3. The summed E-state index contributed by atoms with van der Waals surface area (Å²) in [5, 5.41) is 5.59. The van der Waals surface area contributed by atoms with Gasteiger partial charge in [-0.25, -0.2) is 0 Å². The molecule has 1 amide bonds. The van der Waals surface area contributed by atoms with Crippen molar-refractivity contribution in [3.05, 3.63) is 48.4 Å². The number of anilines is 1. The third kappa shape index (κ3) is 3.56. The smallest absolute Gasteiger partial charge is 0.293 e. The van der Waals surface area contributed by atoms with Gasteiger partial charge in [0.2, 0.25) is 0 Å². The van der Waals surface area contributed by atoms with Crippen LogP contribution >= 0.6 is 12.2 Å². The number of hydrogen-bond donors (Lipinski definition) is 2. The maximum atomic E-state index is 11.7. The Labute approximate surface area is 115 Å². The van der Waals surface area contributed by atoms with Gasteiger partial charge in [-0.15, -0.1) is 0 Å². The molecular formula is C13H12N2O3S. The highest BCUT2D eigenvalue weighted by Crippen LogP contribution is 2.16. The number of hydrogen-bond acceptors (Lipinski definition) is 4. The van der Waals surface area contributed by atoms with Crippen LogP contribution in [0.2, 0.25) is 0 Å². The molecule has 0 radical (unpaired) electrons. The Kier molecular flexibility index (Phi) is 4.15. The van der Waals surface area contributed by atoms with Crippen LogP contribution in [0.5, 0.6) is 5.75 Å². The van der Waals surface area contributed by atoms with Crippen molar-refractivity contribution in [1.29, 1.82) is 0 Å². The van der Waals surface area contributed by atoms with E-state index in [1.165, 1.54) is 6.26 Å². The average Bonchev–Trinajstić information content (AvgIpc) is 2.92. The fourth-order valence-corrected chi connectivity index (χ4v) is 1.65. The lowest BCUT2D eigenvalue weighted by Crippen LogP contribution is -2.33. The molecule has 2 aromatic rings. The predicted octanol–water partition coefficient (Wildman–Crippen LogP) is 2.42. The van der Waals surface area contributed by atoms with E-state index in [1.807, 2.05) is 18.2 Å². The summed E-state index contributed by atoms with van der Waals surface area (Å²) in [5.74, 6) is 0.505. The molecule has 0 aliphatic heterocycles. The van der Waals surface area contributed by atoms with Gasteiger partial charge >= 0.3 is 0 Å². The SMILES string of the molecule is COc1cccc(NC(=S)NC(=O)c2ccco2)c1. The predicted molar refractivity (Wildman–Crippen MR) is 75.4 cm³/mol. The molecule has 0 aliphatic rings. The molecule has 0 saturated heterocycles. The molecule has 0 atom stereocenters. The fraction of sp³-hybridized carbons (Fsp3) is 0.0769. The van der Waals surface area contributed by atoms with Crippen LogP contribution in [0.3, 0.4) is 0 Å². The Morgan fingerprint density at radius 2 is 2.16 bits per heavy atom. The third-order valence-electron chi connectivity index (χ3n) is 2.30. The van der Waals surface area contributed by atoms with Gasteiger partial charge in [0.25, 0.3) is 5.91 Å². The van der Waals surface area contributed by atoms with Crippen LogP contribution in [0.25, 0.3) is 0 Å². The van der Waals surface area contributed by atoms with E-state index in [1.54, 1.807) is 25.3 Å². The minimum Gasteiger partial charge on any atom is -0.497 e. The summed E-state index contributed by atoms with van der Waals surface area (Å²) in [6, 6.07) is 10.4. The van der Waals surface area contributed by atoms with Gasteiger partial charge in [-0.3, -0.25) is 10.1 Å². The zero-order valence-corrected chi connectivity index (χ0v) is 11.0. The molecule has 0 fully saturated rings. The maximum absolute atomic E-state index is 11.7. The van der Waals surface area contributed by atoms with E-state index < -0.39 is 5.91 Å². The van der Waals surface area contributed by atoms with E-state index in [-0.39, 0.29) is 10.9 Å². The Morgan fingerprint density at radius 1 is 1.32 bits per heavy atom. The van der Waals surface area contributed by atoms with Crippen LogP contribution in [-0.4, -0.2) is 18.1 Å². The van der Waals surface area contributed by atoms with Gasteiger partial charge in [0, 0.05) is 11.8 Å². The van der Waals surface area contributed by atoms with Gasteiger partial charge in [0.05, 0.1) is 13.4 Å². The highest BCUT2D eigenvalue weighted by atomic mass is 32.1. The second kappa shape index (κ2) is 6.01. The van der Waals surface area contributed by atoms with Gasteiger partial charge in [0.15, 0.2) is 10.9 Å². The van der Waals surface area contributed by atoms with Crippen molar-refractivity contribution in [3.8, 4) is 5.75 Å². The van der Waals surface area contributed by atoms with E-state index in [9.17, 15) is 4.79 Å². The maximum Gasteiger partial charge on any atom is 0.293 e. The van der Waals surface area contributed by atoms with Gasteiger partial charge in [0.1, 0.15) is 5.75 Å². The van der Waals surface area contributed by atoms with Gasteiger partial charge < -0.3 is 14.5 Å². The lowest BCUT2D eigenvalue weighted by atomic mass is 10.3. The molecular weight excluding hydrogens is 264 g/mol. The Hall–Kier alpha value is -2.34. The molecule has 1 aromatic carbocycles. The van der Waals surface area contributed by atoms with Crippen molar-refractivity contribution < 1.29 is 13.9 Å². The number of furan rings is 1. The molecule has 98 valence electrons. The highest BCUT2D eigenvalue weighted by Gasteiger charge is 2.10. The van der Waals surface area contributed by atoms with Crippen molar-refractivity contribution in [2.75, 3.05) is 12.4 Å². The quantitative estimate of drug-likeness (QED) is 0.843. The lowest BCUT2D eigenvalue weighted by molar-refractivity contribution is 0.0950. The fourth-order valence-electron chi connectivity index (χ4n) is 1.44. The number of amides is 1. The van der Waals surface area contributed by atoms with Gasteiger partial charge in [-0.05, 0) is 36.5 Å². The normalized spacial score (nSPS) is 9.74. The van der Waals surface area contributed by atoms with E-state index in [0.717, 1.165) is 5.69 Å². The Morgan fingerprint density at radius 3 is 2.84 bits per heavy atom. The summed E-state index contributed by atoms with van der Waals surface area (Å²) in [7, 11) is 1.58. The largest absolute Gasteiger partial charge is 0.497 e. The summed E-state index contributed by atoms with van der Waals surface area (Å²) >= 11 is 5.04. The molecule has 0 unspecified atom stereocenters. The van der Waals surface area contributed by atoms with E-state index in [2.05, 4.69) is 10.6 Å². The standard InChI is InChI=1S/C13H12N2O3S/c1-17-10-5-2-4-9(8-10)14-13(19)15-12(16)11-6-3-7-18-11/h2-8H,1H3,(H2,14,15,16,19). The van der Waals surface area contributed by atoms with Crippen molar-refractivity contribution in [2.45, 2.75) is 0 Å². The number of thiocarbonyl (C=S) groups is 1. The highest BCUT2D eigenvalue weighted by molar-refractivity contribution is 7.80. The Bertz CT molecular complexity index is 581. The van der Waals surface area contributed by atoms with E-state index in [0.29, 0.717) is 5.75 Å². The van der Waals surface area contributed by atoms with Gasteiger partial charge in [-0.2, -0.15) is 0 Å². The molecule has 0 spiro atoms. The molecule has 0 bridgehead atoms. The average molecular weight is 276 g/mol. The summed E-state index contributed by atoms with van der Waals surface area (Å²) in [4.78, 5) is 11.7. The van der Waals surface area contributed by atoms with Crippen molar-refractivity contribution in [1.82, 2.24) is 5.32 Å². The molecule has 19 heavy (non-hydrogen) atoms. The molecule has 6 heteroatoms. The second-order valence-electron chi connectivity index (χ2n) is 3.62. The molecule has 2 N–H and O–H groups in total. The molecule has 0 saturated carbocycles. The number of nitrogens with one attached hydrogen (secondary N) is 2. The van der Waals surface area contributed by atoms with Crippen LogP contribution in [0.15, 0.2) is 47.1 Å². The minimum atomic E-state index is -0.398. The monoisotopic (exact) mass is 276 g/mol. The zero-order chi connectivity index (χ0) is 13.7. The Balaban J connectivity index is 1.95.